The van der Waals surface area contributed by atoms with Crippen molar-refractivity contribution in [3.63, 3.8) is 0 Å². The van der Waals surface area contributed by atoms with Crippen LogP contribution in [-0.2, 0) is 16.6 Å². The molecule has 3 amide bonds. The molecule has 0 unspecified atom stereocenters. The van der Waals surface area contributed by atoms with Crippen LogP contribution in [0, 0.1) is 18.7 Å². The Labute approximate surface area is 269 Å². The quantitative estimate of drug-likeness (QED) is 0.310. The lowest BCUT2D eigenvalue weighted by Gasteiger charge is -2.35. The number of piperazine rings is 1. The van der Waals surface area contributed by atoms with Gasteiger partial charge in [-0.15, -0.1) is 0 Å². The standard InChI is InChI=1S/C30H33ClF2N6O4.CH2O2/c1-18-21(5-6-25(27(18)33)43-17-32)24-16-35-28(37(24)2)29(41)36-20-3-4-22(23(31)14-20)30(42)39-11-9-38(10-12-39)26(40)13-19-7-8-34-15-19;2-1-3/h3-6,14,16,19,34H,7-13,15,17H2,1-2H3,(H,36,41);1H,(H,2,3)/t19-;/m0./s1. The number of ether oxygens (including phenoxy) is 1. The first-order valence-corrected chi connectivity index (χ1v) is 14.9. The van der Waals surface area contributed by atoms with Gasteiger partial charge in [0.15, 0.2) is 17.4 Å². The maximum Gasteiger partial charge on any atom is 0.291 e. The zero-order chi connectivity index (χ0) is 33.4. The molecule has 46 heavy (non-hydrogen) atoms. The van der Waals surface area contributed by atoms with E-state index in [9.17, 15) is 23.2 Å². The minimum atomic E-state index is -1.15. The lowest BCUT2D eigenvalue weighted by Crippen LogP contribution is -2.51. The monoisotopic (exact) mass is 660 g/mol. The van der Waals surface area contributed by atoms with E-state index >= 15 is 0 Å². The third kappa shape index (κ3) is 7.80. The van der Waals surface area contributed by atoms with Gasteiger partial charge in [-0.05, 0) is 68.2 Å². The molecule has 0 saturated carbocycles. The second-order valence-corrected chi connectivity index (χ2v) is 11.2. The highest BCUT2D eigenvalue weighted by Gasteiger charge is 2.28. The Balaban J connectivity index is 0.00000154. The Kier molecular flexibility index (Phi) is 11.7. The van der Waals surface area contributed by atoms with Crippen LogP contribution in [-0.4, -0.2) is 94.8 Å². The van der Waals surface area contributed by atoms with Crippen molar-refractivity contribution in [2.75, 3.05) is 51.4 Å². The molecule has 12 nitrogen and oxygen atoms in total. The fraction of sp³-hybridized carbons (Fsp3) is 0.387. The maximum atomic E-state index is 14.6. The predicted octanol–water partition coefficient (Wildman–Crippen LogP) is 3.73. The van der Waals surface area contributed by atoms with E-state index in [2.05, 4.69) is 20.4 Å². The molecule has 1 aromatic heterocycles. The summed E-state index contributed by atoms with van der Waals surface area (Å²) in [4.78, 5) is 55.0. The van der Waals surface area contributed by atoms with E-state index < -0.39 is 18.6 Å². The number of halogens is 3. The van der Waals surface area contributed by atoms with E-state index in [-0.39, 0.29) is 40.4 Å². The third-order valence-corrected chi connectivity index (χ3v) is 8.34. The van der Waals surface area contributed by atoms with Crippen LogP contribution in [0.15, 0.2) is 36.5 Å². The first-order valence-electron chi connectivity index (χ1n) is 14.6. The molecule has 0 bridgehead atoms. The molecule has 3 N–H and O–H groups in total. The number of hydrogen-bond donors (Lipinski definition) is 3. The lowest BCUT2D eigenvalue weighted by atomic mass is 10.0. The van der Waals surface area contributed by atoms with Crippen LogP contribution in [0.4, 0.5) is 14.5 Å². The summed E-state index contributed by atoms with van der Waals surface area (Å²) in [6.45, 7) is 3.73. The van der Waals surface area contributed by atoms with Gasteiger partial charge in [-0.25, -0.2) is 13.8 Å². The first kappa shape index (κ1) is 34.3. The van der Waals surface area contributed by atoms with Gasteiger partial charge in [0.05, 0.1) is 22.5 Å². The predicted molar refractivity (Wildman–Crippen MR) is 166 cm³/mol. The fourth-order valence-corrected chi connectivity index (χ4v) is 5.79. The zero-order valence-corrected chi connectivity index (χ0v) is 26.1. The Bertz CT molecular complexity index is 1590. The second-order valence-electron chi connectivity index (χ2n) is 10.8. The number of carbonyl (C=O) groups is 4. The highest BCUT2D eigenvalue weighted by Crippen LogP contribution is 2.31. The zero-order valence-electron chi connectivity index (χ0n) is 25.4. The van der Waals surface area contributed by atoms with Crippen molar-refractivity contribution in [2.45, 2.75) is 19.8 Å². The molecule has 2 aliphatic rings. The topological polar surface area (TPSA) is 146 Å². The highest BCUT2D eigenvalue weighted by atomic mass is 35.5. The molecule has 2 fully saturated rings. The summed E-state index contributed by atoms with van der Waals surface area (Å²) in [6, 6.07) is 7.53. The average molecular weight is 661 g/mol. The van der Waals surface area contributed by atoms with Gasteiger partial charge in [0.2, 0.25) is 12.8 Å². The number of anilines is 1. The van der Waals surface area contributed by atoms with Gasteiger partial charge >= 0.3 is 0 Å². The van der Waals surface area contributed by atoms with E-state index in [1.165, 1.54) is 29.8 Å². The van der Waals surface area contributed by atoms with Crippen molar-refractivity contribution in [3.8, 4) is 17.0 Å². The molecular weight excluding hydrogens is 626 g/mol. The maximum absolute atomic E-state index is 14.6. The molecule has 3 aromatic rings. The van der Waals surface area contributed by atoms with Crippen LogP contribution >= 0.6 is 11.6 Å². The molecule has 246 valence electrons. The highest BCUT2D eigenvalue weighted by molar-refractivity contribution is 6.34. The number of imidazole rings is 1. The van der Waals surface area contributed by atoms with Crippen molar-refractivity contribution in [1.82, 2.24) is 24.7 Å². The third-order valence-electron chi connectivity index (χ3n) is 8.03. The van der Waals surface area contributed by atoms with Crippen LogP contribution in [0.25, 0.3) is 11.3 Å². The number of nitrogens with one attached hydrogen (secondary N) is 2. The van der Waals surface area contributed by atoms with E-state index in [0.29, 0.717) is 61.0 Å². The molecule has 3 heterocycles. The number of rotatable bonds is 8. The van der Waals surface area contributed by atoms with Gasteiger partial charge in [0.25, 0.3) is 18.3 Å². The molecule has 0 aliphatic carbocycles. The number of carbonyl (C=O) groups excluding carboxylic acids is 3. The van der Waals surface area contributed by atoms with Crippen LogP contribution in [0.1, 0.15) is 39.4 Å². The number of hydrogen-bond acceptors (Lipinski definition) is 7. The summed E-state index contributed by atoms with van der Waals surface area (Å²) in [7, 11) is 1.62. The molecule has 1 atom stereocenters. The molecule has 2 saturated heterocycles. The molecule has 15 heteroatoms. The summed E-state index contributed by atoms with van der Waals surface area (Å²) in [5.74, 6) is -1.11. The van der Waals surface area contributed by atoms with Gasteiger partial charge < -0.3 is 34.8 Å². The Morgan fingerprint density at radius 1 is 1.17 bits per heavy atom. The minimum Gasteiger partial charge on any atom is -0.483 e. The number of amides is 3. The van der Waals surface area contributed by atoms with Crippen LogP contribution in [0.2, 0.25) is 5.02 Å². The summed E-state index contributed by atoms with van der Waals surface area (Å²) < 4.78 is 33.3. The van der Waals surface area contributed by atoms with Crippen molar-refractivity contribution in [3.05, 3.63) is 64.3 Å². The summed E-state index contributed by atoms with van der Waals surface area (Å²) in [5, 5.41) is 13.1. The van der Waals surface area contributed by atoms with E-state index in [1.807, 2.05) is 4.90 Å². The molecular formula is C31H35ClF2N6O6. The number of benzene rings is 2. The summed E-state index contributed by atoms with van der Waals surface area (Å²) in [5.41, 5.74) is 1.84. The van der Waals surface area contributed by atoms with Crippen LogP contribution in [0.5, 0.6) is 5.75 Å². The van der Waals surface area contributed by atoms with Crippen LogP contribution in [0.3, 0.4) is 0 Å². The molecule has 2 aromatic carbocycles. The molecule has 0 spiro atoms. The normalized spacial score (nSPS) is 16.0. The fourth-order valence-electron chi connectivity index (χ4n) is 5.53. The lowest BCUT2D eigenvalue weighted by molar-refractivity contribution is -0.133. The number of carboxylic acid groups (broad SMARTS) is 1. The Morgan fingerprint density at radius 2 is 1.87 bits per heavy atom. The van der Waals surface area contributed by atoms with Gasteiger partial charge in [-0.1, -0.05) is 11.6 Å². The van der Waals surface area contributed by atoms with E-state index in [0.717, 1.165) is 19.5 Å². The molecule has 2 aliphatic heterocycles. The van der Waals surface area contributed by atoms with Gasteiger partial charge in [-0.2, -0.15) is 0 Å². The number of aromatic nitrogens is 2. The van der Waals surface area contributed by atoms with Crippen molar-refractivity contribution >= 4 is 41.5 Å². The summed E-state index contributed by atoms with van der Waals surface area (Å²) in [6.07, 6.45) is 2.99. The number of nitrogens with zero attached hydrogens (tertiary/aromatic N) is 4. The molecule has 5 rings (SSSR count). The number of alkyl halides is 1. The van der Waals surface area contributed by atoms with Gasteiger partial charge in [0.1, 0.15) is 0 Å². The Morgan fingerprint density at radius 3 is 2.50 bits per heavy atom. The second kappa shape index (κ2) is 15.6. The largest absolute Gasteiger partial charge is 0.483 e. The van der Waals surface area contributed by atoms with E-state index in [1.54, 1.807) is 30.1 Å². The van der Waals surface area contributed by atoms with Crippen molar-refractivity contribution in [2.24, 2.45) is 13.0 Å². The average Bonchev–Trinajstić information content (AvgIpc) is 3.69. The summed E-state index contributed by atoms with van der Waals surface area (Å²) >= 11 is 6.47. The van der Waals surface area contributed by atoms with Gasteiger partial charge in [0, 0.05) is 50.9 Å². The van der Waals surface area contributed by atoms with E-state index in [4.69, 9.17) is 21.5 Å². The van der Waals surface area contributed by atoms with Crippen molar-refractivity contribution < 1.29 is 37.8 Å². The minimum absolute atomic E-state index is 0.0618. The van der Waals surface area contributed by atoms with Crippen LogP contribution < -0.4 is 15.4 Å². The first-order chi connectivity index (χ1) is 22.1. The molecule has 0 radical (unpaired) electrons. The smallest absolute Gasteiger partial charge is 0.291 e. The SMILES string of the molecule is Cc1c(-c2cnc(C(=O)Nc3ccc(C(=O)N4CCN(C(=O)C[C@@H]5CCNC5)CC4)c(Cl)c3)n2C)ccc(OCF)c1F.O=CO. The van der Waals surface area contributed by atoms with Gasteiger partial charge in [-0.3, -0.25) is 19.2 Å². The Hall–Kier alpha value is -4.56. The van der Waals surface area contributed by atoms with Crippen molar-refractivity contribution in [1.29, 1.82) is 0 Å².